The third-order valence-corrected chi connectivity index (χ3v) is 6.06. The minimum absolute atomic E-state index is 0.0314. The van der Waals surface area contributed by atoms with E-state index in [2.05, 4.69) is 45.9 Å². The van der Waals surface area contributed by atoms with E-state index in [0.29, 0.717) is 6.42 Å². The lowest BCUT2D eigenvalue weighted by Gasteiger charge is -2.35. The molecule has 0 amide bonds. The molecule has 0 aromatic carbocycles. The van der Waals surface area contributed by atoms with Gasteiger partial charge in [0, 0.05) is 19.4 Å². The van der Waals surface area contributed by atoms with Crippen molar-refractivity contribution in [1.29, 1.82) is 0 Å². The van der Waals surface area contributed by atoms with Gasteiger partial charge in [-0.3, -0.25) is 4.79 Å². The maximum Gasteiger partial charge on any atom is 0.302 e. The van der Waals surface area contributed by atoms with E-state index in [1.54, 1.807) is 0 Å². The van der Waals surface area contributed by atoms with Crippen molar-refractivity contribution in [2.45, 2.75) is 59.7 Å². The van der Waals surface area contributed by atoms with Crippen LogP contribution in [0, 0.1) is 29.6 Å². The summed E-state index contributed by atoms with van der Waals surface area (Å²) in [5.74, 6) is 0.129. The van der Waals surface area contributed by atoms with Crippen LogP contribution in [0.5, 0.6) is 0 Å². The van der Waals surface area contributed by atoms with Crippen LogP contribution in [0.15, 0.2) is 35.5 Å². The Morgan fingerprint density at radius 3 is 2.35 bits per heavy atom. The molecule has 26 heavy (non-hydrogen) atoms. The third kappa shape index (κ3) is 4.66. The van der Waals surface area contributed by atoms with Gasteiger partial charge in [0.15, 0.2) is 0 Å². The monoisotopic (exact) mass is 362 g/mol. The molecule has 0 aromatic rings. The number of carbonyl (C=O) groups is 1. The van der Waals surface area contributed by atoms with E-state index in [1.807, 2.05) is 6.08 Å². The summed E-state index contributed by atoms with van der Waals surface area (Å²) < 4.78 is 5.56. The van der Waals surface area contributed by atoms with Crippen LogP contribution in [-0.4, -0.2) is 35.0 Å². The second kappa shape index (κ2) is 9.01. The van der Waals surface area contributed by atoms with Gasteiger partial charge in [-0.15, -0.1) is 0 Å². The van der Waals surface area contributed by atoms with Gasteiger partial charge in [0.1, 0.15) is 6.10 Å². The van der Waals surface area contributed by atoms with E-state index in [4.69, 9.17) is 4.74 Å². The van der Waals surface area contributed by atoms with Crippen LogP contribution in [0.25, 0.3) is 0 Å². The van der Waals surface area contributed by atoms with E-state index >= 15 is 0 Å². The molecule has 2 aliphatic rings. The lowest BCUT2D eigenvalue weighted by atomic mass is 9.71. The molecule has 4 nitrogen and oxygen atoms in total. The topological polar surface area (TPSA) is 66.8 Å². The number of esters is 1. The minimum Gasteiger partial charge on any atom is -0.462 e. The van der Waals surface area contributed by atoms with E-state index in [9.17, 15) is 15.0 Å². The Kier molecular flexibility index (Phi) is 7.24. The molecule has 0 bridgehead atoms. The zero-order valence-corrected chi connectivity index (χ0v) is 16.7. The van der Waals surface area contributed by atoms with E-state index in [1.165, 1.54) is 18.1 Å². The lowest BCUT2D eigenvalue weighted by molar-refractivity contribution is -0.149. The molecule has 4 heteroatoms. The number of carbonyl (C=O) groups excluding carboxylic acids is 1. The van der Waals surface area contributed by atoms with Crippen LogP contribution in [0.2, 0.25) is 0 Å². The van der Waals surface area contributed by atoms with Gasteiger partial charge in [0.25, 0.3) is 0 Å². The fourth-order valence-electron chi connectivity index (χ4n) is 4.83. The van der Waals surface area contributed by atoms with Gasteiger partial charge in [-0.25, -0.2) is 0 Å². The Bertz CT molecular complexity index is 573. The van der Waals surface area contributed by atoms with Gasteiger partial charge in [0.2, 0.25) is 0 Å². The average molecular weight is 363 g/mol. The van der Waals surface area contributed by atoms with Crippen molar-refractivity contribution in [3.05, 3.63) is 35.5 Å². The van der Waals surface area contributed by atoms with Crippen LogP contribution in [0.3, 0.4) is 0 Å². The molecule has 2 rings (SSSR count). The first kappa shape index (κ1) is 20.9. The van der Waals surface area contributed by atoms with Gasteiger partial charge in [0.05, 0.1) is 6.10 Å². The summed E-state index contributed by atoms with van der Waals surface area (Å²) in [4.78, 5) is 11.6. The molecule has 146 valence electrons. The average Bonchev–Trinajstić information content (AvgIpc) is 3.05. The van der Waals surface area contributed by atoms with E-state index in [-0.39, 0.29) is 48.3 Å². The van der Waals surface area contributed by atoms with Crippen molar-refractivity contribution in [1.82, 2.24) is 0 Å². The molecule has 1 saturated carbocycles. The number of ether oxygens (including phenoxy) is 1. The second-order valence-electron chi connectivity index (χ2n) is 8.19. The molecule has 0 unspecified atom stereocenters. The highest BCUT2D eigenvalue weighted by Crippen LogP contribution is 2.51. The first-order valence-electron chi connectivity index (χ1n) is 9.70. The van der Waals surface area contributed by atoms with Gasteiger partial charge in [-0.05, 0) is 57.3 Å². The summed E-state index contributed by atoms with van der Waals surface area (Å²) in [6, 6.07) is 0. The highest BCUT2D eigenvalue weighted by molar-refractivity contribution is 5.66. The SMILES string of the molecule is CC(=O)O[C@@H]1C[C@@H](/C(C)=C\CC=C(C)C)[C@@H]([C@@H]2[C@H](C)C=C[C@H]2O)[C@@H]1CO. The van der Waals surface area contributed by atoms with Crippen LogP contribution >= 0.6 is 0 Å². The number of aliphatic hydroxyl groups is 2. The normalized spacial score (nSPS) is 37.0. The van der Waals surface area contributed by atoms with Crippen LogP contribution in [0.4, 0.5) is 0 Å². The van der Waals surface area contributed by atoms with Crippen molar-refractivity contribution in [2.75, 3.05) is 6.61 Å². The lowest BCUT2D eigenvalue weighted by Crippen LogP contribution is -2.37. The van der Waals surface area contributed by atoms with Gasteiger partial charge in [-0.2, -0.15) is 0 Å². The van der Waals surface area contributed by atoms with Crippen LogP contribution in [-0.2, 0) is 9.53 Å². The fourth-order valence-corrected chi connectivity index (χ4v) is 4.83. The van der Waals surface area contributed by atoms with Crippen molar-refractivity contribution in [3.63, 3.8) is 0 Å². The summed E-state index contributed by atoms with van der Waals surface area (Å²) in [7, 11) is 0. The molecular formula is C22H34O4. The molecule has 7 atom stereocenters. The minimum atomic E-state index is -0.506. The van der Waals surface area contributed by atoms with Crippen molar-refractivity contribution in [2.24, 2.45) is 29.6 Å². The van der Waals surface area contributed by atoms with Gasteiger partial charge < -0.3 is 14.9 Å². The zero-order chi connectivity index (χ0) is 19.4. The third-order valence-electron chi connectivity index (χ3n) is 6.06. The maximum atomic E-state index is 11.6. The number of rotatable bonds is 6. The summed E-state index contributed by atoms with van der Waals surface area (Å²) in [6.07, 6.45) is 9.13. The number of hydrogen-bond donors (Lipinski definition) is 2. The summed E-state index contributed by atoms with van der Waals surface area (Å²) in [5, 5.41) is 20.6. The Hall–Kier alpha value is -1.39. The standard InChI is InChI=1S/C22H34O4/c1-13(2)7-6-8-14(3)17-11-20(26-16(5)24)18(12-23)22(17)21-15(4)9-10-19(21)25/h7-10,15,17-23,25H,6,11-12H2,1-5H3/b14-8-/t15-,17+,18-,19-,20-,21-,22-/m1/s1. The summed E-state index contributed by atoms with van der Waals surface area (Å²) in [5.41, 5.74) is 2.54. The molecule has 2 aliphatic carbocycles. The highest BCUT2D eigenvalue weighted by atomic mass is 16.5. The van der Waals surface area contributed by atoms with Crippen molar-refractivity contribution in [3.8, 4) is 0 Å². The Labute approximate surface area is 157 Å². The van der Waals surface area contributed by atoms with E-state index < -0.39 is 6.10 Å². The van der Waals surface area contributed by atoms with Crippen molar-refractivity contribution < 1.29 is 19.7 Å². The number of aliphatic hydroxyl groups excluding tert-OH is 2. The highest BCUT2D eigenvalue weighted by Gasteiger charge is 2.51. The predicted molar refractivity (Wildman–Crippen MR) is 103 cm³/mol. The Balaban J connectivity index is 2.32. The van der Waals surface area contributed by atoms with Crippen molar-refractivity contribution >= 4 is 5.97 Å². The number of allylic oxidation sites excluding steroid dienone is 5. The number of hydrogen-bond acceptors (Lipinski definition) is 4. The smallest absolute Gasteiger partial charge is 0.302 e. The molecule has 0 spiro atoms. The molecule has 1 fully saturated rings. The molecule has 2 N–H and O–H groups in total. The van der Waals surface area contributed by atoms with Crippen LogP contribution < -0.4 is 0 Å². The molecule has 0 radical (unpaired) electrons. The zero-order valence-electron chi connectivity index (χ0n) is 16.7. The summed E-state index contributed by atoms with van der Waals surface area (Å²) >= 11 is 0. The molecule has 0 saturated heterocycles. The first-order valence-corrected chi connectivity index (χ1v) is 9.70. The first-order chi connectivity index (χ1) is 12.3. The summed E-state index contributed by atoms with van der Waals surface area (Å²) in [6.45, 7) is 9.80. The molecule has 0 heterocycles. The fraction of sp³-hybridized carbons (Fsp3) is 0.682. The molecule has 0 aromatic heterocycles. The Morgan fingerprint density at radius 1 is 1.15 bits per heavy atom. The second-order valence-corrected chi connectivity index (χ2v) is 8.19. The largest absolute Gasteiger partial charge is 0.462 e. The Morgan fingerprint density at radius 2 is 1.85 bits per heavy atom. The maximum absolute atomic E-state index is 11.6. The van der Waals surface area contributed by atoms with Gasteiger partial charge >= 0.3 is 5.97 Å². The molecule has 0 aliphatic heterocycles. The van der Waals surface area contributed by atoms with E-state index in [0.717, 1.165) is 6.42 Å². The van der Waals surface area contributed by atoms with Gasteiger partial charge in [-0.1, -0.05) is 42.4 Å². The molecular weight excluding hydrogens is 328 g/mol. The predicted octanol–water partition coefficient (Wildman–Crippen LogP) is 3.65. The quantitative estimate of drug-likeness (QED) is 0.559. The van der Waals surface area contributed by atoms with Crippen LogP contribution in [0.1, 0.15) is 47.5 Å².